The number of rotatable bonds is 9. The van der Waals surface area contributed by atoms with Gasteiger partial charge in [-0.25, -0.2) is 4.68 Å². The third-order valence-corrected chi connectivity index (χ3v) is 9.00. The third kappa shape index (κ3) is 4.06. The van der Waals surface area contributed by atoms with Crippen molar-refractivity contribution < 1.29 is 24.2 Å². The predicted molar refractivity (Wildman–Crippen MR) is 146 cm³/mol. The van der Waals surface area contributed by atoms with Crippen LogP contribution in [0.15, 0.2) is 54.6 Å². The Labute approximate surface area is 231 Å². The number of benzene rings is 2. The van der Waals surface area contributed by atoms with Crippen LogP contribution in [-0.4, -0.2) is 73.1 Å². The molecule has 6 rings (SSSR count). The van der Waals surface area contributed by atoms with E-state index in [0.717, 1.165) is 5.52 Å². The molecule has 2 bridgehead atoms. The van der Waals surface area contributed by atoms with Crippen LogP contribution in [0.2, 0.25) is 0 Å². The van der Waals surface area contributed by atoms with Crippen LogP contribution in [0.1, 0.15) is 33.1 Å². The number of carbonyl (C=O) groups excluding carboxylic acids is 3. The molecule has 3 saturated heterocycles. The van der Waals surface area contributed by atoms with Crippen molar-refractivity contribution >= 4 is 34.4 Å². The number of fused-ring (bicyclic) bond motifs is 2. The number of amides is 3. The van der Waals surface area contributed by atoms with Crippen LogP contribution in [0.5, 0.6) is 0 Å². The van der Waals surface area contributed by atoms with Crippen LogP contribution in [-0.2, 0) is 25.8 Å². The van der Waals surface area contributed by atoms with Gasteiger partial charge in [0.1, 0.15) is 23.8 Å². The van der Waals surface area contributed by atoms with E-state index in [4.69, 9.17) is 4.74 Å². The molecule has 3 aromatic rings. The fourth-order valence-corrected chi connectivity index (χ4v) is 6.89. The Kier molecular flexibility index (Phi) is 6.79. The number of ether oxygens (including phenoxy) is 1. The minimum atomic E-state index is -1.16. The molecule has 3 aliphatic heterocycles. The summed E-state index contributed by atoms with van der Waals surface area (Å²) in [6, 6.07) is 14.9. The van der Waals surface area contributed by atoms with Gasteiger partial charge in [0.2, 0.25) is 17.7 Å². The maximum Gasteiger partial charge on any atom is 0.247 e. The molecule has 210 valence electrons. The lowest BCUT2D eigenvalue weighted by Crippen LogP contribution is -2.59. The molecule has 11 heteroatoms. The molecule has 1 aromatic heterocycles. The van der Waals surface area contributed by atoms with Crippen molar-refractivity contribution in [3.63, 3.8) is 0 Å². The van der Waals surface area contributed by atoms with E-state index in [2.05, 4.69) is 20.9 Å². The van der Waals surface area contributed by atoms with E-state index in [1.165, 1.54) is 4.90 Å². The normalized spacial score (nSPS) is 28.5. The maximum absolute atomic E-state index is 14.2. The lowest BCUT2D eigenvalue weighted by atomic mass is 9.70. The second-order valence-corrected chi connectivity index (χ2v) is 11.1. The number of para-hydroxylation sites is 2. The summed E-state index contributed by atoms with van der Waals surface area (Å²) in [5.41, 5.74) is 0.946. The smallest absolute Gasteiger partial charge is 0.247 e. The van der Waals surface area contributed by atoms with E-state index in [1.807, 2.05) is 56.3 Å². The van der Waals surface area contributed by atoms with Gasteiger partial charge in [-0.05, 0) is 43.0 Å². The molecule has 11 nitrogen and oxygen atoms in total. The first-order valence-corrected chi connectivity index (χ1v) is 13.9. The van der Waals surface area contributed by atoms with Crippen LogP contribution in [0.25, 0.3) is 11.0 Å². The van der Waals surface area contributed by atoms with Crippen LogP contribution < -0.4 is 10.6 Å². The van der Waals surface area contributed by atoms with Gasteiger partial charge < -0.3 is 25.4 Å². The second kappa shape index (κ2) is 10.3. The third-order valence-electron chi connectivity index (χ3n) is 9.00. The molecular formula is C29H34N6O5. The minimum absolute atomic E-state index is 0.0487. The highest BCUT2D eigenvalue weighted by Crippen LogP contribution is 2.59. The van der Waals surface area contributed by atoms with Gasteiger partial charge in [-0.1, -0.05) is 55.8 Å². The number of likely N-dealkylation sites (tertiary alicyclic amines) is 1. The Balaban J connectivity index is 1.33. The van der Waals surface area contributed by atoms with Crippen molar-refractivity contribution in [1.29, 1.82) is 0 Å². The van der Waals surface area contributed by atoms with Crippen molar-refractivity contribution in [2.24, 2.45) is 17.8 Å². The molecule has 2 unspecified atom stereocenters. The molecule has 4 heterocycles. The average molecular weight is 547 g/mol. The Bertz CT molecular complexity index is 1430. The molecule has 0 aliphatic carbocycles. The summed E-state index contributed by atoms with van der Waals surface area (Å²) in [6.07, 6.45) is 1.27. The van der Waals surface area contributed by atoms with Crippen molar-refractivity contribution in [3.8, 4) is 0 Å². The van der Waals surface area contributed by atoms with Crippen molar-refractivity contribution in [2.75, 3.05) is 11.9 Å². The van der Waals surface area contributed by atoms with Crippen molar-refractivity contribution in [3.05, 3.63) is 54.6 Å². The summed E-state index contributed by atoms with van der Waals surface area (Å²) in [4.78, 5) is 43.3. The SMILES string of the molecule is CC[C@H](C)[C@H](CO)N1C(=O)[C@@H]2[C@@H](C(=O)Nc3ccccc3)[C@H]3CCC2(O3)C1C(=O)NCn1nnc2ccccc21. The molecule has 0 saturated carbocycles. The van der Waals surface area contributed by atoms with Gasteiger partial charge in [0, 0.05) is 5.69 Å². The molecule has 40 heavy (non-hydrogen) atoms. The van der Waals surface area contributed by atoms with Gasteiger partial charge in [-0.2, -0.15) is 0 Å². The average Bonchev–Trinajstić information content (AvgIpc) is 3.72. The van der Waals surface area contributed by atoms with E-state index in [-0.39, 0.29) is 31.0 Å². The number of aliphatic hydroxyl groups excluding tert-OH is 1. The molecule has 1 spiro atoms. The Morgan fingerprint density at radius 2 is 1.90 bits per heavy atom. The van der Waals surface area contributed by atoms with E-state index in [9.17, 15) is 19.5 Å². The molecule has 7 atom stereocenters. The highest BCUT2D eigenvalue weighted by atomic mass is 16.5. The molecule has 3 amide bonds. The van der Waals surface area contributed by atoms with Gasteiger partial charge in [-0.15, -0.1) is 5.10 Å². The van der Waals surface area contributed by atoms with Gasteiger partial charge >= 0.3 is 0 Å². The highest BCUT2D eigenvalue weighted by molar-refractivity contribution is 6.02. The number of hydrogen-bond donors (Lipinski definition) is 3. The fraction of sp³-hybridized carbons (Fsp3) is 0.483. The number of nitrogens with zero attached hydrogens (tertiary/aromatic N) is 4. The molecular weight excluding hydrogens is 512 g/mol. The molecule has 2 aromatic carbocycles. The van der Waals surface area contributed by atoms with E-state index >= 15 is 0 Å². The number of hydrogen-bond acceptors (Lipinski definition) is 7. The lowest BCUT2D eigenvalue weighted by Gasteiger charge is -2.38. The number of anilines is 1. The van der Waals surface area contributed by atoms with Crippen LogP contribution in [0.3, 0.4) is 0 Å². The zero-order valence-electron chi connectivity index (χ0n) is 22.6. The second-order valence-electron chi connectivity index (χ2n) is 11.1. The van der Waals surface area contributed by atoms with E-state index in [0.29, 0.717) is 30.5 Å². The highest BCUT2D eigenvalue weighted by Gasteiger charge is 2.75. The standard InChI is InChI=1S/C29H34N6O5/c1-3-17(2)21(15-36)35-25(27(38)30-16-34-20-12-8-7-11-19(20)32-33-34)29-14-13-22(40-29)23(24(29)28(35)39)26(37)31-18-9-5-4-6-10-18/h4-12,17,21-25,36H,3,13-16H2,1-2H3,(H,30,38)(H,31,37)/t17-,21-,22+,23-,24-,25?,29?/m0/s1. The zero-order chi connectivity index (χ0) is 28.0. The Morgan fingerprint density at radius 1 is 1.15 bits per heavy atom. The maximum atomic E-state index is 14.2. The largest absolute Gasteiger partial charge is 0.394 e. The lowest BCUT2D eigenvalue weighted by molar-refractivity contribution is -0.146. The summed E-state index contributed by atoms with van der Waals surface area (Å²) in [7, 11) is 0. The molecule has 3 N–H and O–H groups in total. The number of carbonyl (C=O) groups is 3. The summed E-state index contributed by atoms with van der Waals surface area (Å²) in [5.74, 6) is -2.65. The first-order chi connectivity index (χ1) is 19.4. The number of nitrogens with one attached hydrogen (secondary N) is 2. The van der Waals surface area contributed by atoms with Gasteiger partial charge in [0.05, 0.1) is 36.1 Å². The molecule has 3 aliphatic rings. The minimum Gasteiger partial charge on any atom is -0.394 e. The topological polar surface area (TPSA) is 139 Å². The van der Waals surface area contributed by atoms with Gasteiger partial charge in [0.15, 0.2) is 0 Å². The molecule has 3 fully saturated rings. The quantitative estimate of drug-likeness (QED) is 0.373. The predicted octanol–water partition coefficient (Wildman–Crippen LogP) is 1.93. The summed E-state index contributed by atoms with van der Waals surface area (Å²) < 4.78 is 8.09. The van der Waals surface area contributed by atoms with Gasteiger partial charge in [-0.3, -0.25) is 14.4 Å². The zero-order valence-corrected chi connectivity index (χ0v) is 22.6. The van der Waals surface area contributed by atoms with Crippen molar-refractivity contribution in [1.82, 2.24) is 25.2 Å². The van der Waals surface area contributed by atoms with Crippen LogP contribution in [0.4, 0.5) is 5.69 Å². The first-order valence-electron chi connectivity index (χ1n) is 13.9. The van der Waals surface area contributed by atoms with Crippen LogP contribution >= 0.6 is 0 Å². The van der Waals surface area contributed by atoms with Crippen molar-refractivity contribution in [2.45, 2.75) is 63.6 Å². The summed E-state index contributed by atoms with van der Waals surface area (Å²) >= 11 is 0. The first kappa shape index (κ1) is 26.4. The summed E-state index contributed by atoms with van der Waals surface area (Å²) in [6.45, 7) is 3.68. The van der Waals surface area contributed by atoms with Crippen LogP contribution in [0, 0.1) is 17.8 Å². The summed E-state index contributed by atoms with van der Waals surface area (Å²) in [5, 5.41) is 24.6. The Morgan fingerprint density at radius 3 is 2.65 bits per heavy atom. The number of aliphatic hydroxyl groups is 1. The number of aromatic nitrogens is 3. The fourth-order valence-electron chi connectivity index (χ4n) is 6.89. The van der Waals surface area contributed by atoms with E-state index in [1.54, 1.807) is 16.8 Å². The van der Waals surface area contributed by atoms with Gasteiger partial charge in [0.25, 0.3) is 0 Å². The molecule has 0 radical (unpaired) electrons. The Hall–Kier alpha value is -3.83. The monoisotopic (exact) mass is 546 g/mol. The van der Waals surface area contributed by atoms with E-state index < -0.39 is 41.5 Å².